The summed E-state index contributed by atoms with van der Waals surface area (Å²) in [7, 11) is 3.33. The van der Waals surface area contributed by atoms with Crippen LogP contribution in [0.1, 0.15) is 25.7 Å². The van der Waals surface area contributed by atoms with Gasteiger partial charge in [-0.2, -0.15) is 0 Å². The summed E-state index contributed by atoms with van der Waals surface area (Å²) in [6.45, 7) is 0.852. The van der Waals surface area contributed by atoms with Crippen molar-refractivity contribution in [1.82, 2.24) is 10.2 Å². The number of methoxy groups -OCH3 is 1. The summed E-state index contributed by atoms with van der Waals surface area (Å²) in [6, 6.07) is 7.17. The number of ether oxygens (including phenoxy) is 2. The maximum absolute atomic E-state index is 12.2. The minimum Gasteiger partial charge on any atom is -0.497 e. The number of carbonyl (C=O) groups excluding carboxylic acids is 1. The van der Waals surface area contributed by atoms with E-state index in [2.05, 4.69) is 5.32 Å². The highest BCUT2D eigenvalue weighted by molar-refractivity contribution is 5.74. The van der Waals surface area contributed by atoms with Gasteiger partial charge in [0.25, 0.3) is 0 Å². The molecule has 1 aliphatic rings. The summed E-state index contributed by atoms with van der Waals surface area (Å²) in [6.07, 6.45) is 2.65. The average molecular weight is 350 g/mol. The Morgan fingerprint density at radius 2 is 1.76 bits per heavy atom. The number of carbonyl (C=O) groups is 2. The molecule has 1 aromatic carbocycles. The van der Waals surface area contributed by atoms with Gasteiger partial charge in [0.1, 0.15) is 18.1 Å². The quantitative estimate of drug-likeness (QED) is 0.788. The maximum Gasteiger partial charge on any atom is 0.317 e. The topological polar surface area (TPSA) is 88.1 Å². The molecule has 0 radical (unpaired) electrons. The number of nitrogens with one attached hydrogen (secondary N) is 1. The van der Waals surface area contributed by atoms with E-state index in [4.69, 9.17) is 14.6 Å². The zero-order valence-corrected chi connectivity index (χ0v) is 14.7. The van der Waals surface area contributed by atoms with Crippen LogP contribution in [0, 0.1) is 5.92 Å². The molecule has 2 rings (SSSR count). The first kappa shape index (κ1) is 18.9. The zero-order chi connectivity index (χ0) is 18.2. The molecular weight excluding hydrogens is 324 g/mol. The van der Waals surface area contributed by atoms with E-state index in [9.17, 15) is 9.59 Å². The molecule has 1 saturated carbocycles. The van der Waals surface area contributed by atoms with E-state index in [1.165, 1.54) is 0 Å². The van der Waals surface area contributed by atoms with Gasteiger partial charge in [0, 0.05) is 13.1 Å². The first-order chi connectivity index (χ1) is 12.0. The molecule has 7 heteroatoms. The first-order valence-corrected chi connectivity index (χ1v) is 8.51. The van der Waals surface area contributed by atoms with E-state index >= 15 is 0 Å². The third kappa shape index (κ3) is 5.85. The van der Waals surface area contributed by atoms with Crippen molar-refractivity contribution in [3.05, 3.63) is 24.3 Å². The van der Waals surface area contributed by atoms with Gasteiger partial charge in [-0.05, 0) is 49.9 Å². The molecule has 1 aliphatic carbocycles. The van der Waals surface area contributed by atoms with Crippen molar-refractivity contribution in [3.63, 3.8) is 0 Å². The fourth-order valence-electron chi connectivity index (χ4n) is 2.84. The van der Waals surface area contributed by atoms with Gasteiger partial charge in [-0.25, -0.2) is 4.79 Å². The molecule has 0 spiro atoms. The van der Waals surface area contributed by atoms with E-state index in [1.54, 1.807) is 19.1 Å². The second-order valence-corrected chi connectivity index (χ2v) is 6.28. The lowest BCUT2D eigenvalue weighted by Gasteiger charge is -2.28. The number of aliphatic carboxylic acids is 1. The standard InChI is InChI=1S/C18H26N2O5/c1-20(11-12-25-16-9-7-15(24-2)8-10-16)18(23)19-14-5-3-13(4-6-14)17(21)22/h7-10,13-14H,3-6,11-12H2,1-2H3,(H,19,23)(H,21,22). The van der Waals surface area contributed by atoms with Gasteiger partial charge >= 0.3 is 12.0 Å². The van der Waals surface area contributed by atoms with Crippen molar-refractivity contribution in [1.29, 1.82) is 0 Å². The fourth-order valence-corrected chi connectivity index (χ4v) is 2.84. The van der Waals surface area contributed by atoms with Crippen LogP contribution in [0.3, 0.4) is 0 Å². The van der Waals surface area contributed by atoms with Gasteiger partial charge < -0.3 is 24.8 Å². The smallest absolute Gasteiger partial charge is 0.317 e. The third-order valence-electron chi connectivity index (χ3n) is 4.51. The molecule has 2 amide bonds. The molecule has 0 unspecified atom stereocenters. The second kappa shape index (κ2) is 9.15. The van der Waals surface area contributed by atoms with Crippen LogP contribution in [0.5, 0.6) is 11.5 Å². The Balaban J connectivity index is 1.67. The average Bonchev–Trinajstić information content (AvgIpc) is 2.62. The molecule has 0 aliphatic heterocycles. The van der Waals surface area contributed by atoms with Crippen LogP contribution in [-0.2, 0) is 4.79 Å². The number of urea groups is 1. The highest BCUT2D eigenvalue weighted by Gasteiger charge is 2.27. The SMILES string of the molecule is COc1ccc(OCCN(C)C(=O)NC2CCC(C(=O)O)CC2)cc1. The lowest BCUT2D eigenvalue weighted by atomic mass is 9.86. The van der Waals surface area contributed by atoms with Crippen molar-refractivity contribution in [2.45, 2.75) is 31.7 Å². The number of hydrogen-bond acceptors (Lipinski definition) is 4. The molecule has 1 aromatic rings. The molecule has 7 nitrogen and oxygen atoms in total. The Labute approximate surface area is 147 Å². The lowest BCUT2D eigenvalue weighted by molar-refractivity contribution is -0.142. The predicted molar refractivity (Wildman–Crippen MR) is 93.0 cm³/mol. The van der Waals surface area contributed by atoms with Crippen LogP contribution in [0.25, 0.3) is 0 Å². The molecule has 0 saturated heterocycles. The number of benzene rings is 1. The summed E-state index contributed by atoms with van der Waals surface area (Å²) in [4.78, 5) is 24.7. The third-order valence-corrected chi connectivity index (χ3v) is 4.51. The Morgan fingerprint density at radius 3 is 2.32 bits per heavy atom. The molecule has 0 aromatic heterocycles. The Kier molecular flexibility index (Phi) is 6.91. The van der Waals surface area contributed by atoms with Gasteiger partial charge in [-0.3, -0.25) is 4.79 Å². The van der Waals surface area contributed by atoms with Crippen LogP contribution < -0.4 is 14.8 Å². The van der Waals surface area contributed by atoms with Gasteiger partial charge in [-0.15, -0.1) is 0 Å². The molecular formula is C18H26N2O5. The summed E-state index contributed by atoms with van der Waals surface area (Å²) in [5.41, 5.74) is 0. The van der Waals surface area contributed by atoms with E-state index in [1.807, 2.05) is 24.3 Å². The molecule has 138 valence electrons. The van der Waals surface area contributed by atoms with Crippen LogP contribution in [0.15, 0.2) is 24.3 Å². The van der Waals surface area contributed by atoms with Gasteiger partial charge in [0.15, 0.2) is 0 Å². The van der Waals surface area contributed by atoms with E-state index in [-0.39, 0.29) is 18.0 Å². The molecule has 1 fully saturated rings. The second-order valence-electron chi connectivity index (χ2n) is 6.28. The van der Waals surface area contributed by atoms with Crippen molar-refractivity contribution in [3.8, 4) is 11.5 Å². The van der Waals surface area contributed by atoms with Crippen molar-refractivity contribution in [2.24, 2.45) is 5.92 Å². The minimum atomic E-state index is -0.738. The van der Waals surface area contributed by atoms with Gasteiger partial charge in [0.2, 0.25) is 0 Å². The lowest BCUT2D eigenvalue weighted by Crippen LogP contribution is -2.45. The van der Waals surface area contributed by atoms with Crippen molar-refractivity contribution < 1.29 is 24.2 Å². The Bertz CT molecular complexity index is 567. The van der Waals surface area contributed by atoms with Crippen LogP contribution in [0.2, 0.25) is 0 Å². The minimum absolute atomic E-state index is 0.0491. The van der Waals surface area contributed by atoms with E-state index in [0.29, 0.717) is 38.8 Å². The highest BCUT2D eigenvalue weighted by Crippen LogP contribution is 2.24. The molecule has 0 bridgehead atoms. The fraction of sp³-hybridized carbons (Fsp3) is 0.556. The van der Waals surface area contributed by atoms with Crippen LogP contribution in [0.4, 0.5) is 4.79 Å². The number of carboxylic acid groups (broad SMARTS) is 1. The number of hydrogen-bond donors (Lipinski definition) is 2. The number of likely N-dealkylation sites (N-methyl/N-ethyl adjacent to an activating group) is 1. The van der Waals surface area contributed by atoms with E-state index < -0.39 is 5.97 Å². The number of rotatable bonds is 7. The maximum atomic E-state index is 12.2. The summed E-state index contributed by atoms with van der Waals surface area (Å²) >= 11 is 0. The Morgan fingerprint density at radius 1 is 1.16 bits per heavy atom. The van der Waals surface area contributed by atoms with Crippen molar-refractivity contribution in [2.75, 3.05) is 27.3 Å². The molecule has 25 heavy (non-hydrogen) atoms. The predicted octanol–water partition coefficient (Wildman–Crippen LogP) is 2.36. The first-order valence-electron chi connectivity index (χ1n) is 8.51. The number of nitrogens with zero attached hydrogens (tertiary/aromatic N) is 1. The Hall–Kier alpha value is -2.44. The molecule has 0 atom stereocenters. The van der Waals surface area contributed by atoms with Gasteiger partial charge in [-0.1, -0.05) is 0 Å². The summed E-state index contributed by atoms with van der Waals surface area (Å²) in [5, 5.41) is 12.0. The highest BCUT2D eigenvalue weighted by atomic mass is 16.5. The molecule has 0 heterocycles. The van der Waals surface area contributed by atoms with E-state index in [0.717, 1.165) is 11.5 Å². The van der Waals surface area contributed by atoms with Gasteiger partial charge in [0.05, 0.1) is 19.6 Å². The summed E-state index contributed by atoms with van der Waals surface area (Å²) < 4.78 is 10.7. The number of amides is 2. The zero-order valence-electron chi connectivity index (χ0n) is 14.7. The monoisotopic (exact) mass is 350 g/mol. The summed E-state index contributed by atoms with van der Waals surface area (Å²) in [5.74, 6) is 0.476. The normalized spacial score (nSPS) is 19.8. The van der Waals surface area contributed by atoms with Crippen LogP contribution >= 0.6 is 0 Å². The van der Waals surface area contributed by atoms with Crippen LogP contribution in [-0.4, -0.2) is 55.4 Å². The number of carboxylic acids is 1. The molecule has 2 N–H and O–H groups in total. The largest absolute Gasteiger partial charge is 0.497 e. The van der Waals surface area contributed by atoms with Crippen molar-refractivity contribution >= 4 is 12.0 Å².